The summed E-state index contributed by atoms with van der Waals surface area (Å²) in [5.41, 5.74) is 0.771. The number of aliphatic hydroxyl groups is 1. The van der Waals surface area contributed by atoms with Crippen LogP contribution < -0.4 is 5.32 Å². The molecule has 33 heavy (non-hydrogen) atoms. The molecule has 4 saturated carbocycles. The average molecular weight is 484 g/mol. The molecular weight excluding hydrogens is 438 g/mol. The van der Waals surface area contributed by atoms with Crippen molar-refractivity contribution >= 4 is 16.0 Å². The van der Waals surface area contributed by atoms with E-state index in [0.29, 0.717) is 35.0 Å². The van der Waals surface area contributed by atoms with Crippen LogP contribution in [0.3, 0.4) is 0 Å². The van der Waals surface area contributed by atoms with Gasteiger partial charge in [0.25, 0.3) is 10.1 Å². The first kappa shape index (κ1) is 25.4. The summed E-state index contributed by atoms with van der Waals surface area (Å²) in [5.74, 6) is 3.68. The summed E-state index contributed by atoms with van der Waals surface area (Å²) in [6, 6.07) is 0. The van der Waals surface area contributed by atoms with Gasteiger partial charge in [0.1, 0.15) is 0 Å². The zero-order valence-electron chi connectivity index (χ0n) is 20.8. The fourth-order valence-electron chi connectivity index (χ4n) is 9.18. The van der Waals surface area contributed by atoms with Crippen molar-refractivity contribution in [2.24, 2.45) is 46.3 Å². The van der Waals surface area contributed by atoms with E-state index in [0.717, 1.165) is 37.0 Å². The van der Waals surface area contributed by atoms with E-state index in [1.54, 1.807) is 0 Å². The van der Waals surface area contributed by atoms with Crippen LogP contribution in [0.2, 0.25) is 0 Å². The first-order valence-electron chi connectivity index (χ1n) is 13.3. The van der Waals surface area contributed by atoms with E-state index in [1.165, 1.54) is 44.9 Å². The Balaban J connectivity index is 1.35. The molecule has 4 rings (SSSR count). The van der Waals surface area contributed by atoms with Gasteiger partial charge in [0.05, 0.1) is 11.9 Å². The lowest BCUT2D eigenvalue weighted by molar-refractivity contribution is -0.129. The molecule has 0 radical (unpaired) electrons. The van der Waals surface area contributed by atoms with Gasteiger partial charge in [-0.15, -0.1) is 0 Å². The molecule has 6 nitrogen and oxygen atoms in total. The van der Waals surface area contributed by atoms with Gasteiger partial charge in [-0.1, -0.05) is 20.8 Å². The van der Waals surface area contributed by atoms with E-state index in [1.807, 2.05) is 0 Å². The Bertz CT molecular complexity index is 831. The molecule has 4 fully saturated rings. The lowest BCUT2D eigenvalue weighted by atomic mass is 9.44. The van der Waals surface area contributed by atoms with Crippen molar-refractivity contribution in [1.82, 2.24) is 5.32 Å². The molecule has 0 aromatic carbocycles. The predicted molar refractivity (Wildman–Crippen MR) is 129 cm³/mol. The number of carbonyl (C=O) groups is 1. The van der Waals surface area contributed by atoms with Crippen molar-refractivity contribution in [2.45, 2.75) is 97.5 Å². The van der Waals surface area contributed by atoms with Gasteiger partial charge in [-0.2, -0.15) is 8.42 Å². The number of amides is 1. The number of aliphatic hydroxyl groups excluding tert-OH is 1. The minimum Gasteiger partial charge on any atom is -0.393 e. The third-order valence-corrected chi connectivity index (χ3v) is 11.6. The van der Waals surface area contributed by atoms with Gasteiger partial charge in [0, 0.05) is 13.0 Å². The zero-order valence-corrected chi connectivity index (χ0v) is 21.6. The van der Waals surface area contributed by atoms with Gasteiger partial charge in [-0.05, 0) is 111 Å². The monoisotopic (exact) mass is 483 g/mol. The fraction of sp³-hybridized carbons (Fsp3) is 0.962. The van der Waals surface area contributed by atoms with Crippen LogP contribution in [0, 0.1) is 46.3 Å². The number of rotatable bonds is 7. The van der Waals surface area contributed by atoms with E-state index in [9.17, 15) is 18.3 Å². The molecule has 190 valence electrons. The number of hydrogen-bond donors (Lipinski definition) is 3. The highest BCUT2D eigenvalue weighted by molar-refractivity contribution is 7.85. The van der Waals surface area contributed by atoms with Crippen molar-refractivity contribution in [3.63, 3.8) is 0 Å². The number of carbonyl (C=O) groups excluding carboxylic acids is 1. The van der Waals surface area contributed by atoms with E-state index in [2.05, 4.69) is 26.1 Å². The van der Waals surface area contributed by atoms with Crippen molar-refractivity contribution in [2.75, 3.05) is 12.3 Å². The van der Waals surface area contributed by atoms with Crippen LogP contribution in [0.5, 0.6) is 0 Å². The standard InChI is InChI=1S/C26H45NO5S/c1-17(4-9-24(29)27-14-15-33(30,31)32)21-7-8-22-20-6-5-18-16-19(28)10-12-25(18,2)23(20)11-13-26(21,22)3/h17-23,28H,4-16H2,1-3H3,(H,27,29)(H,30,31,32)/t17-,18-,19-,20+,21-,22+,23+,25-,26-/m0/s1. The predicted octanol–water partition coefficient (Wildman–Crippen LogP) is 4.43. The summed E-state index contributed by atoms with van der Waals surface area (Å²) in [6.07, 6.45) is 12.1. The zero-order chi connectivity index (χ0) is 24.0. The highest BCUT2D eigenvalue weighted by atomic mass is 32.2. The molecule has 1 amide bonds. The molecule has 4 aliphatic carbocycles. The topological polar surface area (TPSA) is 104 Å². The Morgan fingerprint density at radius 1 is 1.03 bits per heavy atom. The Labute approximate surface area is 200 Å². The molecule has 0 aromatic rings. The first-order chi connectivity index (χ1) is 15.4. The smallest absolute Gasteiger partial charge is 0.266 e. The van der Waals surface area contributed by atoms with Crippen LogP contribution in [0.25, 0.3) is 0 Å². The molecular formula is C26H45NO5S. The summed E-state index contributed by atoms with van der Waals surface area (Å²) in [6.45, 7) is 7.34. The Hall–Kier alpha value is -0.660. The molecule has 4 aliphatic rings. The second-order valence-electron chi connectivity index (χ2n) is 12.5. The SMILES string of the molecule is C[C@@H](CCC(=O)NCCS(=O)(=O)O)[C@@H]1CC[C@@H]2[C@H]3CC[C@H]4C[C@@H](O)CC[C@]4(C)[C@@H]3CC[C@]21C. The van der Waals surface area contributed by atoms with E-state index in [-0.39, 0.29) is 18.6 Å². The van der Waals surface area contributed by atoms with Crippen LogP contribution in [-0.2, 0) is 14.9 Å². The fourth-order valence-corrected chi connectivity index (χ4v) is 9.54. The summed E-state index contributed by atoms with van der Waals surface area (Å²) < 4.78 is 30.5. The third kappa shape index (κ3) is 5.02. The lowest BCUT2D eigenvalue weighted by Crippen LogP contribution is -2.54. The molecule has 0 saturated heterocycles. The molecule has 0 aliphatic heterocycles. The molecule has 0 aromatic heterocycles. The molecule has 7 heteroatoms. The number of hydrogen-bond acceptors (Lipinski definition) is 4. The molecule has 0 unspecified atom stereocenters. The molecule has 0 bridgehead atoms. The van der Waals surface area contributed by atoms with Crippen LogP contribution in [-0.4, -0.2) is 42.4 Å². The van der Waals surface area contributed by atoms with Crippen molar-refractivity contribution in [3.8, 4) is 0 Å². The van der Waals surface area contributed by atoms with Crippen molar-refractivity contribution in [3.05, 3.63) is 0 Å². The summed E-state index contributed by atoms with van der Waals surface area (Å²) in [7, 11) is -4.04. The van der Waals surface area contributed by atoms with Crippen LogP contribution >= 0.6 is 0 Å². The maximum Gasteiger partial charge on any atom is 0.266 e. The average Bonchev–Trinajstić information content (AvgIpc) is 3.09. The normalized spacial score (nSPS) is 43.8. The Morgan fingerprint density at radius 2 is 1.73 bits per heavy atom. The highest BCUT2D eigenvalue weighted by Gasteiger charge is 2.60. The van der Waals surface area contributed by atoms with E-state index in [4.69, 9.17) is 4.55 Å². The van der Waals surface area contributed by atoms with Crippen LogP contribution in [0.4, 0.5) is 0 Å². The first-order valence-corrected chi connectivity index (χ1v) is 14.9. The maximum absolute atomic E-state index is 12.2. The molecule has 0 heterocycles. The van der Waals surface area contributed by atoms with Gasteiger partial charge >= 0.3 is 0 Å². The van der Waals surface area contributed by atoms with E-state index >= 15 is 0 Å². The summed E-state index contributed by atoms with van der Waals surface area (Å²) >= 11 is 0. The van der Waals surface area contributed by atoms with E-state index < -0.39 is 15.9 Å². The second kappa shape index (κ2) is 9.42. The second-order valence-corrected chi connectivity index (χ2v) is 14.0. The van der Waals surface area contributed by atoms with Gasteiger partial charge in [-0.25, -0.2) is 0 Å². The molecule has 0 spiro atoms. The number of nitrogens with one attached hydrogen (secondary N) is 1. The summed E-state index contributed by atoms with van der Waals surface area (Å²) in [5, 5.41) is 12.9. The quantitative estimate of drug-likeness (QED) is 0.465. The van der Waals surface area contributed by atoms with Gasteiger partial charge in [0.15, 0.2) is 0 Å². The van der Waals surface area contributed by atoms with Gasteiger partial charge in [-0.3, -0.25) is 9.35 Å². The number of fused-ring (bicyclic) bond motifs is 5. The van der Waals surface area contributed by atoms with Crippen LogP contribution in [0.15, 0.2) is 0 Å². The van der Waals surface area contributed by atoms with Crippen molar-refractivity contribution < 1.29 is 22.9 Å². The lowest BCUT2D eigenvalue weighted by Gasteiger charge is -2.61. The molecule has 9 atom stereocenters. The Morgan fingerprint density at radius 3 is 2.45 bits per heavy atom. The van der Waals surface area contributed by atoms with Gasteiger partial charge < -0.3 is 10.4 Å². The largest absolute Gasteiger partial charge is 0.393 e. The minimum atomic E-state index is -4.04. The summed E-state index contributed by atoms with van der Waals surface area (Å²) in [4.78, 5) is 12.2. The third-order valence-electron chi connectivity index (χ3n) is 10.9. The highest BCUT2D eigenvalue weighted by Crippen LogP contribution is 2.68. The maximum atomic E-state index is 12.2. The van der Waals surface area contributed by atoms with Crippen LogP contribution in [0.1, 0.15) is 91.4 Å². The van der Waals surface area contributed by atoms with Crippen molar-refractivity contribution in [1.29, 1.82) is 0 Å². The minimum absolute atomic E-state index is 0.0326. The Kier molecular flexibility index (Phi) is 7.26. The molecule has 3 N–H and O–H groups in total. The van der Waals surface area contributed by atoms with Gasteiger partial charge in [0.2, 0.25) is 5.91 Å².